The molecule has 0 aliphatic carbocycles. The van der Waals surface area contributed by atoms with Gasteiger partial charge in [0.2, 0.25) is 0 Å². The predicted molar refractivity (Wildman–Crippen MR) is 66.2 cm³/mol. The Bertz CT molecular complexity index is 361. The molecule has 3 heteroatoms. The van der Waals surface area contributed by atoms with Gasteiger partial charge in [0.15, 0.2) is 0 Å². The smallest absolute Gasteiger partial charge is 0.133 e. The van der Waals surface area contributed by atoms with Crippen LogP contribution in [0.4, 0.5) is 0 Å². The quantitative estimate of drug-likeness (QED) is 0.759. The van der Waals surface area contributed by atoms with Gasteiger partial charge in [0, 0.05) is 17.9 Å². The Morgan fingerprint density at radius 2 is 2.12 bits per heavy atom. The number of carbonyl (C=O) groups is 1. The van der Waals surface area contributed by atoms with E-state index in [0.717, 1.165) is 17.7 Å². The molecular formula is C13H17ClO2. The molecule has 1 rings (SSSR count). The summed E-state index contributed by atoms with van der Waals surface area (Å²) in [4.78, 5) is 11.4. The summed E-state index contributed by atoms with van der Waals surface area (Å²) in [5.41, 5.74) is 0.999. The first-order chi connectivity index (χ1) is 7.67. The number of hydrogen-bond acceptors (Lipinski definition) is 2. The van der Waals surface area contributed by atoms with Crippen LogP contribution in [0.3, 0.4) is 0 Å². The Kier molecular flexibility index (Phi) is 5.33. The third-order valence-corrected chi connectivity index (χ3v) is 2.68. The van der Waals surface area contributed by atoms with Gasteiger partial charge in [-0.25, -0.2) is 0 Å². The summed E-state index contributed by atoms with van der Waals surface area (Å²) in [7, 11) is 1.63. The SMILES string of the molecule is CCCC(=O)CCc1cc(Cl)ccc1OC. The summed E-state index contributed by atoms with van der Waals surface area (Å²) in [6, 6.07) is 5.49. The van der Waals surface area contributed by atoms with Crippen molar-refractivity contribution >= 4 is 17.4 Å². The van der Waals surface area contributed by atoms with Crippen LogP contribution in [0.1, 0.15) is 31.7 Å². The molecule has 0 N–H and O–H groups in total. The maximum Gasteiger partial charge on any atom is 0.133 e. The first-order valence-corrected chi connectivity index (χ1v) is 5.89. The lowest BCUT2D eigenvalue weighted by Crippen LogP contribution is -2.00. The van der Waals surface area contributed by atoms with Gasteiger partial charge in [0.05, 0.1) is 7.11 Å². The highest BCUT2D eigenvalue weighted by atomic mass is 35.5. The summed E-state index contributed by atoms with van der Waals surface area (Å²) >= 11 is 5.91. The second kappa shape index (κ2) is 6.54. The van der Waals surface area contributed by atoms with Crippen LogP contribution in [-0.4, -0.2) is 12.9 Å². The van der Waals surface area contributed by atoms with E-state index in [1.807, 2.05) is 19.1 Å². The summed E-state index contributed by atoms with van der Waals surface area (Å²) in [5.74, 6) is 1.10. The number of rotatable bonds is 6. The molecule has 0 aromatic heterocycles. The Balaban J connectivity index is 2.65. The van der Waals surface area contributed by atoms with Crippen molar-refractivity contribution in [2.24, 2.45) is 0 Å². The van der Waals surface area contributed by atoms with Crippen LogP contribution < -0.4 is 4.74 Å². The second-order valence-electron chi connectivity index (χ2n) is 3.74. The molecule has 16 heavy (non-hydrogen) atoms. The highest BCUT2D eigenvalue weighted by Gasteiger charge is 2.06. The fourth-order valence-corrected chi connectivity index (χ4v) is 1.82. The van der Waals surface area contributed by atoms with Crippen LogP contribution in [0, 0.1) is 0 Å². The van der Waals surface area contributed by atoms with Crippen LogP contribution in [-0.2, 0) is 11.2 Å². The van der Waals surface area contributed by atoms with Crippen molar-refractivity contribution in [3.8, 4) is 5.75 Å². The van der Waals surface area contributed by atoms with Gasteiger partial charge in [-0.3, -0.25) is 4.79 Å². The first kappa shape index (κ1) is 13.0. The molecule has 0 atom stereocenters. The Hall–Kier alpha value is -1.02. The lowest BCUT2D eigenvalue weighted by atomic mass is 10.0. The third-order valence-electron chi connectivity index (χ3n) is 2.44. The monoisotopic (exact) mass is 240 g/mol. The summed E-state index contributed by atoms with van der Waals surface area (Å²) in [6.07, 6.45) is 2.82. The first-order valence-electron chi connectivity index (χ1n) is 5.51. The molecule has 1 aromatic rings. The largest absolute Gasteiger partial charge is 0.496 e. The van der Waals surface area contributed by atoms with Gasteiger partial charge in [-0.05, 0) is 36.6 Å². The van der Waals surface area contributed by atoms with Crippen LogP contribution in [0.2, 0.25) is 5.02 Å². The number of ether oxygens (including phenoxy) is 1. The van der Waals surface area contributed by atoms with Crippen molar-refractivity contribution in [3.05, 3.63) is 28.8 Å². The number of Topliss-reactive ketones (excluding diaryl/α,β-unsaturated/α-hetero) is 1. The van der Waals surface area contributed by atoms with Crippen LogP contribution in [0.5, 0.6) is 5.75 Å². The van der Waals surface area contributed by atoms with E-state index in [2.05, 4.69) is 0 Å². The van der Waals surface area contributed by atoms with Gasteiger partial charge in [-0.2, -0.15) is 0 Å². The van der Waals surface area contributed by atoms with Gasteiger partial charge in [0.25, 0.3) is 0 Å². The van der Waals surface area contributed by atoms with Crippen molar-refractivity contribution in [2.75, 3.05) is 7.11 Å². The van der Waals surface area contributed by atoms with Crippen LogP contribution in [0.15, 0.2) is 18.2 Å². The molecule has 0 heterocycles. The zero-order valence-corrected chi connectivity index (χ0v) is 10.5. The number of benzene rings is 1. The minimum Gasteiger partial charge on any atom is -0.496 e. The van der Waals surface area contributed by atoms with E-state index in [-0.39, 0.29) is 0 Å². The minimum atomic E-state index is 0.296. The Labute approximate surface area is 102 Å². The molecule has 2 nitrogen and oxygen atoms in total. The topological polar surface area (TPSA) is 26.3 Å². The van der Waals surface area contributed by atoms with E-state index >= 15 is 0 Å². The molecule has 0 radical (unpaired) electrons. The molecule has 0 aliphatic rings. The molecule has 0 amide bonds. The number of halogens is 1. The zero-order valence-electron chi connectivity index (χ0n) is 9.75. The highest BCUT2D eigenvalue weighted by molar-refractivity contribution is 6.30. The van der Waals surface area contributed by atoms with E-state index in [9.17, 15) is 4.79 Å². The van der Waals surface area contributed by atoms with E-state index < -0.39 is 0 Å². The average Bonchev–Trinajstić information content (AvgIpc) is 2.27. The van der Waals surface area contributed by atoms with E-state index in [0.29, 0.717) is 30.1 Å². The fraction of sp³-hybridized carbons (Fsp3) is 0.462. The van der Waals surface area contributed by atoms with E-state index in [1.54, 1.807) is 13.2 Å². The zero-order chi connectivity index (χ0) is 12.0. The predicted octanol–water partition coefficient (Wildman–Crippen LogP) is 3.65. The maximum atomic E-state index is 11.4. The molecule has 0 fully saturated rings. The van der Waals surface area contributed by atoms with Gasteiger partial charge in [-0.1, -0.05) is 18.5 Å². The molecule has 0 unspecified atom stereocenters. The number of hydrogen-bond donors (Lipinski definition) is 0. The number of ketones is 1. The highest BCUT2D eigenvalue weighted by Crippen LogP contribution is 2.24. The van der Waals surface area contributed by atoms with Crippen molar-refractivity contribution in [1.29, 1.82) is 0 Å². The summed E-state index contributed by atoms with van der Waals surface area (Å²) in [6.45, 7) is 2.01. The number of carbonyl (C=O) groups excluding carboxylic acids is 1. The molecule has 1 aromatic carbocycles. The van der Waals surface area contributed by atoms with Crippen molar-refractivity contribution in [1.82, 2.24) is 0 Å². The van der Waals surface area contributed by atoms with Gasteiger partial charge < -0.3 is 4.74 Å². The van der Waals surface area contributed by atoms with E-state index in [1.165, 1.54) is 0 Å². The average molecular weight is 241 g/mol. The standard InChI is InChI=1S/C13H17ClO2/c1-3-4-12(15)7-5-10-9-11(14)6-8-13(10)16-2/h6,8-9H,3-5,7H2,1-2H3. The van der Waals surface area contributed by atoms with Crippen LogP contribution in [0.25, 0.3) is 0 Å². The molecular weight excluding hydrogens is 224 g/mol. The van der Waals surface area contributed by atoms with Gasteiger partial charge >= 0.3 is 0 Å². The molecule has 0 saturated carbocycles. The van der Waals surface area contributed by atoms with Crippen LogP contribution >= 0.6 is 11.6 Å². The second-order valence-corrected chi connectivity index (χ2v) is 4.18. The van der Waals surface area contributed by atoms with Crippen molar-refractivity contribution < 1.29 is 9.53 Å². The summed E-state index contributed by atoms with van der Waals surface area (Å²) in [5, 5.41) is 0.679. The Morgan fingerprint density at radius 1 is 1.38 bits per heavy atom. The Morgan fingerprint density at radius 3 is 2.75 bits per heavy atom. The molecule has 0 aliphatic heterocycles. The lowest BCUT2D eigenvalue weighted by Gasteiger charge is -2.08. The number of methoxy groups -OCH3 is 1. The maximum absolute atomic E-state index is 11.4. The minimum absolute atomic E-state index is 0.296. The molecule has 88 valence electrons. The van der Waals surface area contributed by atoms with Gasteiger partial charge in [-0.15, -0.1) is 0 Å². The molecule has 0 bridgehead atoms. The lowest BCUT2D eigenvalue weighted by molar-refractivity contribution is -0.119. The van der Waals surface area contributed by atoms with E-state index in [4.69, 9.17) is 16.3 Å². The van der Waals surface area contributed by atoms with Crippen molar-refractivity contribution in [2.45, 2.75) is 32.6 Å². The van der Waals surface area contributed by atoms with Gasteiger partial charge in [0.1, 0.15) is 11.5 Å². The number of aryl methyl sites for hydroxylation is 1. The third kappa shape index (κ3) is 3.86. The molecule has 0 saturated heterocycles. The summed E-state index contributed by atoms with van der Waals surface area (Å²) < 4.78 is 5.22. The van der Waals surface area contributed by atoms with Crippen molar-refractivity contribution in [3.63, 3.8) is 0 Å². The fourth-order valence-electron chi connectivity index (χ4n) is 1.62. The molecule has 0 spiro atoms. The normalized spacial score (nSPS) is 10.2.